The van der Waals surface area contributed by atoms with E-state index < -0.39 is 5.97 Å². The van der Waals surface area contributed by atoms with E-state index in [1.165, 1.54) is 41.3 Å². The third kappa shape index (κ3) is 3.17. The Morgan fingerprint density at radius 1 is 1.21 bits per heavy atom. The molecule has 120 valence electrons. The summed E-state index contributed by atoms with van der Waals surface area (Å²) in [5.41, 5.74) is 1.26. The Bertz CT molecular complexity index is 874. The Morgan fingerprint density at radius 3 is 2.54 bits per heavy atom. The van der Waals surface area contributed by atoms with E-state index in [0.29, 0.717) is 20.5 Å². The van der Waals surface area contributed by atoms with Gasteiger partial charge in [0, 0.05) is 0 Å². The lowest BCUT2D eigenvalue weighted by molar-refractivity contribution is -0.268. The van der Waals surface area contributed by atoms with Gasteiger partial charge in [0.2, 0.25) is 0 Å². The van der Waals surface area contributed by atoms with Crippen molar-refractivity contribution in [3.05, 3.63) is 64.6 Å². The molecule has 1 aliphatic rings. The average molecular weight is 356 g/mol. The van der Waals surface area contributed by atoms with Gasteiger partial charge in [-0.2, -0.15) is 0 Å². The summed E-state index contributed by atoms with van der Waals surface area (Å²) in [5, 5.41) is 20.3. The van der Waals surface area contributed by atoms with Crippen molar-refractivity contribution in [1.82, 2.24) is 0 Å². The molecule has 0 aromatic heterocycles. The first-order chi connectivity index (χ1) is 11.5. The van der Waals surface area contributed by atoms with Gasteiger partial charge in [-0.25, -0.2) is 4.79 Å². The standard InChI is InChI=1S/C17H11NO4S2/c19-13-3-1-2-10(8-13)9-14-15(20)18(17(23)24-14)12-6-4-11(5-7-12)16(21)22/h1-9,19H,(H,21,22)/p-1/b14-9+. The summed E-state index contributed by atoms with van der Waals surface area (Å²) in [6, 6.07) is 12.1. The lowest BCUT2D eigenvalue weighted by Crippen LogP contribution is -2.27. The van der Waals surface area contributed by atoms with E-state index in [1.54, 1.807) is 18.2 Å². The summed E-state index contributed by atoms with van der Waals surface area (Å²) in [7, 11) is 0. The molecule has 0 saturated carbocycles. The zero-order valence-corrected chi connectivity index (χ0v) is 13.8. The van der Waals surface area contributed by atoms with Crippen molar-refractivity contribution in [2.24, 2.45) is 0 Å². The number of anilines is 1. The second-order valence-electron chi connectivity index (χ2n) is 4.94. The minimum absolute atomic E-state index is 0.131. The molecule has 0 spiro atoms. The summed E-state index contributed by atoms with van der Waals surface area (Å²) in [4.78, 5) is 25.2. The van der Waals surface area contributed by atoms with Gasteiger partial charge >= 0.3 is 5.97 Å². The zero-order chi connectivity index (χ0) is 17.3. The maximum absolute atomic E-state index is 12.6. The van der Waals surface area contributed by atoms with E-state index >= 15 is 0 Å². The van der Waals surface area contributed by atoms with Crippen molar-refractivity contribution in [1.29, 1.82) is 0 Å². The van der Waals surface area contributed by atoms with Gasteiger partial charge in [0.15, 0.2) is 4.32 Å². The highest BCUT2D eigenvalue weighted by Gasteiger charge is 2.33. The molecule has 0 atom stereocenters. The second-order valence-corrected chi connectivity index (χ2v) is 6.62. The number of carbonyl (C=O) groups excluding carboxylic acids is 1. The smallest absolute Gasteiger partial charge is 0.335 e. The number of amides is 1. The SMILES string of the molecule is O=C(O)c1ccc(N2C(=O)/C(=C\c3cccc([O-])c3)SC2=S)cc1. The number of carboxylic acid groups (broad SMARTS) is 1. The predicted molar refractivity (Wildman–Crippen MR) is 94.9 cm³/mol. The fourth-order valence-corrected chi connectivity index (χ4v) is 3.50. The number of carboxylic acids is 1. The maximum atomic E-state index is 12.6. The van der Waals surface area contributed by atoms with Crippen molar-refractivity contribution < 1.29 is 19.8 Å². The van der Waals surface area contributed by atoms with Crippen LogP contribution in [0.25, 0.3) is 6.08 Å². The van der Waals surface area contributed by atoms with Gasteiger partial charge < -0.3 is 10.2 Å². The third-order valence-corrected chi connectivity index (χ3v) is 4.62. The molecule has 1 amide bonds. The molecule has 7 heteroatoms. The number of benzene rings is 2. The number of rotatable bonds is 3. The monoisotopic (exact) mass is 356 g/mol. The minimum atomic E-state index is -1.04. The first-order valence-electron chi connectivity index (χ1n) is 6.84. The van der Waals surface area contributed by atoms with Crippen LogP contribution in [0.4, 0.5) is 5.69 Å². The molecule has 0 bridgehead atoms. The van der Waals surface area contributed by atoms with E-state index in [9.17, 15) is 14.7 Å². The highest BCUT2D eigenvalue weighted by molar-refractivity contribution is 8.27. The lowest BCUT2D eigenvalue weighted by atomic mass is 10.2. The van der Waals surface area contributed by atoms with E-state index in [0.717, 1.165) is 11.8 Å². The van der Waals surface area contributed by atoms with Crippen molar-refractivity contribution in [3.63, 3.8) is 0 Å². The van der Waals surface area contributed by atoms with Gasteiger partial charge in [-0.15, -0.1) is 5.75 Å². The van der Waals surface area contributed by atoms with E-state index in [1.807, 2.05) is 0 Å². The molecule has 1 saturated heterocycles. The molecule has 0 radical (unpaired) electrons. The molecule has 3 rings (SSSR count). The van der Waals surface area contributed by atoms with Crippen LogP contribution in [0.3, 0.4) is 0 Å². The quantitative estimate of drug-likeness (QED) is 0.673. The Labute approximate surface area is 147 Å². The first kappa shape index (κ1) is 16.2. The summed E-state index contributed by atoms with van der Waals surface area (Å²) in [6.07, 6.45) is 1.62. The zero-order valence-electron chi connectivity index (χ0n) is 12.1. The molecule has 24 heavy (non-hydrogen) atoms. The molecule has 5 nitrogen and oxygen atoms in total. The molecule has 1 aliphatic heterocycles. The molecular formula is C17H10NO4S2-. The van der Waals surface area contributed by atoms with Crippen LogP contribution in [0.2, 0.25) is 0 Å². The van der Waals surface area contributed by atoms with Crippen molar-refractivity contribution in [2.45, 2.75) is 0 Å². The molecule has 1 fully saturated rings. The number of thioether (sulfide) groups is 1. The Morgan fingerprint density at radius 2 is 1.92 bits per heavy atom. The van der Waals surface area contributed by atoms with Crippen LogP contribution in [-0.4, -0.2) is 21.3 Å². The predicted octanol–water partition coefficient (Wildman–Crippen LogP) is 2.86. The molecule has 2 aromatic carbocycles. The summed E-state index contributed by atoms with van der Waals surface area (Å²) < 4.78 is 0.354. The van der Waals surface area contributed by atoms with Crippen LogP contribution in [0.15, 0.2) is 53.4 Å². The lowest BCUT2D eigenvalue weighted by Gasteiger charge is -2.14. The van der Waals surface area contributed by atoms with Gasteiger partial charge in [0.05, 0.1) is 16.2 Å². The van der Waals surface area contributed by atoms with Crippen molar-refractivity contribution in [3.8, 4) is 5.75 Å². The van der Waals surface area contributed by atoms with Crippen molar-refractivity contribution in [2.75, 3.05) is 4.90 Å². The molecule has 1 N–H and O–H groups in total. The van der Waals surface area contributed by atoms with Crippen molar-refractivity contribution >= 4 is 51.9 Å². The summed E-state index contributed by atoms with van der Waals surface area (Å²) in [6.45, 7) is 0. The largest absolute Gasteiger partial charge is 0.872 e. The Kier molecular flexibility index (Phi) is 4.37. The van der Waals surface area contributed by atoms with Crippen LogP contribution in [0, 0.1) is 0 Å². The third-order valence-electron chi connectivity index (χ3n) is 3.32. The van der Waals surface area contributed by atoms with Crippen LogP contribution in [0.1, 0.15) is 15.9 Å². The number of hydrogen-bond donors (Lipinski definition) is 1. The highest BCUT2D eigenvalue weighted by Crippen LogP contribution is 2.36. The number of aromatic carboxylic acids is 1. The van der Waals surface area contributed by atoms with Crippen LogP contribution in [0.5, 0.6) is 5.75 Å². The molecular weight excluding hydrogens is 346 g/mol. The fourth-order valence-electron chi connectivity index (χ4n) is 2.20. The number of nitrogens with zero attached hydrogens (tertiary/aromatic N) is 1. The normalized spacial score (nSPS) is 16.0. The van der Waals surface area contributed by atoms with E-state index in [4.69, 9.17) is 17.3 Å². The van der Waals surface area contributed by atoms with Crippen LogP contribution in [-0.2, 0) is 4.79 Å². The summed E-state index contributed by atoms with van der Waals surface area (Å²) >= 11 is 6.39. The maximum Gasteiger partial charge on any atom is 0.335 e. The Balaban J connectivity index is 1.90. The molecule has 0 unspecified atom stereocenters. The van der Waals surface area contributed by atoms with Gasteiger partial charge in [0.1, 0.15) is 0 Å². The highest BCUT2D eigenvalue weighted by atomic mass is 32.2. The van der Waals surface area contributed by atoms with Gasteiger partial charge in [-0.05, 0) is 35.9 Å². The molecule has 2 aromatic rings. The summed E-state index contributed by atoms with van der Waals surface area (Å²) in [5.74, 6) is -1.47. The van der Waals surface area contributed by atoms with Gasteiger partial charge in [-0.1, -0.05) is 48.2 Å². The molecule has 0 aliphatic carbocycles. The van der Waals surface area contributed by atoms with Crippen LogP contribution >= 0.6 is 24.0 Å². The topological polar surface area (TPSA) is 80.7 Å². The van der Waals surface area contributed by atoms with Gasteiger partial charge in [0.25, 0.3) is 5.91 Å². The average Bonchev–Trinajstić information content (AvgIpc) is 2.81. The number of thiocarbonyl (C=S) groups is 1. The first-order valence-corrected chi connectivity index (χ1v) is 8.06. The fraction of sp³-hybridized carbons (Fsp3) is 0. The number of carbonyl (C=O) groups is 2. The minimum Gasteiger partial charge on any atom is -0.872 e. The van der Waals surface area contributed by atoms with Crippen LogP contribution < -0.4 is 10.0 Å². The second kappa shape index (κ2) is 6.46. The Hall–Kier alpha value is -2.64. The van der Waals surface area contributed by atoms with E-state index in [2.05, 4.69) is 0 Å². The van der Waals surface area contributed by atoms with Gasteiger partial charge in [-0.3, -0.25) is 9.69 Å². The number of hydrogen-bond acceptors (Lipinski definition) is 5. The van der Waals surface area contributed by atoms with E-state index in [-0.39, 0.29) is 17.2 Å². The molecule has 1 heterocycles.